The fourth-order valence-corrected chi connectivity index (χ4v) is 9.74. The van der Waals surface area contributed by atoms with Crippen LogP contribution in [0.25, 0.3) is 0 Å². The summed E-state index contributed by atoms with van der Waals surface area (Å²) in [4.78, 5) is 37.4. The molecule has 0 aromatic carbocycles. The van der Waals surface area contributed by atoms with Crippen LogP contribution in [0.1, 0.15) is 309 Å². The summed E-state index contributed by atoms with van der Waals surface area (Å²) in [5.41, 5.74) is 0. The minimum Gasteiger partial charge on any atom is -0.477 e. The van der Waals surface area contributed by atoms with Gasteiger partial charge in [0.15, 0.2) is 6.10 Å². The number of carbonyl (C=O) groups is 3. The monoisotopic (exact) mass is 1140 g/mol. The number of ether oxygens (including phenoxy) is 4. The molecular weight excluding hydrogens is 1010 g/mol. The molecule has 0 bridgehead atoms. The van der Waals surface area contributed by atoms with Crippen molar-refractivity contribution in [3.05, 3.63) is 72.9 Å². The molecule has 2 unspecified atom stereocenters. The first-order valence-corrected chi connectivity index (χ1v) is 34.1. The van der Waals surface area contributed by atoms with Gasteiger partial charge < -0.3 is 28.5 Å². The molecule has 0 fully saturated rings. The molecule has 0 saturated carbocycles. The highest BCUT2D eigenvalue weighted by Gasteiger charge is 2.25. The van der Waals surface area contributed by atoms with Crippen LogP contribution in [0.4, 0.5) is 0 Å². The van der Waals surface area contributed by atoms with Crippen LogP contribution in [-0.2, 0) is 33.3 Å². The van der Waals surface area contributed by atoms with Crippen molar-refractivity contribution < 1.29 is 42.9 Å². The lowest BCUT2D eigenvalue weighted by Crippen LogP contribution is -2.40. The number of allylic oxidation sites excluding steroid dienone is 12. The molecule has 0 amide bonds. The zero-order valence-corrected chi connectivity index (χ0v) is 53.7. The highest BCUT2D eigenvalue weighted by Crippen LogP contribution is 2.18. The van der Waals surface area contributed by atoms with Crippen molar-refractivity contribution >= 4 is 17.9 Å². The average Bonchev–Trinajstić information content (AvgIpc) is 3.44. The number of quaternary nitrogens is 1. The summed E-state index contributed by atoms with van der Waals surface area (Å²) in [5, 5.41) is 9.70. The number of esters is 2. The predicted molar refractivity (Wildman–Crippen MR) is 346 cm³/mol. The number of hydrogen-bond donors (Lipinski definition) is 1. The molecule has 1 N–H and O–H groups in total. The summed E-state index contributed by atoms with van der Waals surface area (Å²) in [6, 6.07) is 0. The lowest BCUT2D eigenvalue weighted by atomic mass is 10.0. The fraction of sp³-hybridized carbons (Fsp3) is 0.792. The van der Waals surface area contributed by atoms with Gasteiger partial charge in [0.05, 0.1) is 34.4 Å². The van der Waals surface area contributed by atoms with Gasteiger partial charge in [-0.05, 0) is 83.5 Å². The van der Waals surface area contributed by atoms with E-state index in [1.165, 1.54) is 212 Å². The van der Waals surface area contributed by atoms with E-state index in [2.05, 4.69) is 86.8 Å². The number of nitrogens with zero attached hydrogens (tertiary/aromatic N) is 1. The third kappa shape index (κ3) is 64.1. The maximum atomic E-state index is 12.8. The van der Waals surface area contributed by atoms with Gasteiger partial charge in [0.1, 0.15) is 13.2 Å². The maximum absolute atomic E-state index is 12.8. The van der Waals surface area contributed by atoms with E-state index < -0.39 is 24.3 Å². The predicted octanol–water partition coefficient (Wildman–Crippen LogP) is 20.9. The molecule has 0 rings (SSSR count). The molecule has 9 nitrogen and oxygen atoms in total. The largest absolute Gasteiger partial charge is 0.477 e. The van der Waals surface area contributed by atoms with Gasteiger partial charge in [-0.3, -0.25) is 9.59 Å². The Bertz CT molecular complexity index is 1560. The van der Waals surface area contributed by atoms with E-state index in [0.717, 1.165) is 64.2 Å². The first-order valence-electron chi connectivity index (χ1n) is 34.1. The zero-order valence-electron chi connectivity index (χ0n) is 53.7. The molecule has 2 atom stereocenters. The highest BCUT2D eigenvalue weighted by atomic mass is 16.7. The third-order valence-electron chi connectivity index (χ3n) is 14.9. The van der Waals surface area contributed by atoms with E-state index in [1.807, 2.05) is 21.1 Å². The molecule has 0 aromatic heterocycles. The third-order valence-corrected chi connectivity index (χ3v) is 14.9. The van der Waals surface area contributed by atoms with Crippen LogP contribution in [0.5, 0.6) is 0 Å². The van der Waals surface area contributed by atoms with Gasteiger partial charge in [-0.1, -0.05) is 286 Å². The molecule has 0 aliphatic heterocycles. The normalized spacial score (nSPS) is 13.1. The van der Waals surface area contributed by atoms with Crippen LogP contribution in [0.15, 0.2) is 72.9 Å². The van der Waals surface area contributed by atoms with Gasteiger partial charge in [0.25, 0.3) is 6.29 Å². The Balaban J connectivity index is 3.91. The van der Waals surface area contributed by atoms with Crippen molar-refractivity contribution in [3.8, 4) is 0 Å². The second-order valence-electron chi connectivity index (χ2n) is 24.1. The van der Waals surface area contributed by atoms with Gasteiger partial charge in [-0.25, -0.2) is 4.79 Å². The van der Waals surface area contributed by atoms with Gasteiger partial charge in [-0.15, -0.1) is 0 Å². The van der Waals surface area contributed by atoms with Crippen molar-refractivity contribution in [2.75, 3.05) is 47.5 Å². The van der Waals surface area contributed by atoms with Crippen LogP contribution in [-0.4, -0.2) is 87.4 Å². The Morgan fingerprint density at radius 3 is 1.07 bits per heavy atom. The lowest BCUT2D eigenvalue weighted by Gasteiger charge is -2.25. The van der Waals surface area contributed by atoms with Gasteiger partial charge in [0, 0.05) is 12.8 Å². The Morgan fingerprint density at radius 2 is 0.704 bits per heavy atom. The van der Waals surface area contributed by atoms with Crippen molar-refractivity contribution in [1.82, 2.24) is 0 Å². The molecule has 0 aromatic rings. The minimum absolute atomic E-state index is 0.178. The minimum atomic E-state index is -1.52. The van der Waals surface area contributed by atoms with E-state index in [1.54, 1.807) is 0 Å². The summed E-state index contributed by atoms with van der Waals surface area (Å²) in [5.74, 6) is -2.05. The molecule has 81 heavy (non-hydrogen) atoms. The molecule has 0 saturated heterocycles. The van der Waals surface area contributed by atoms with Crippen LogP contribution in [0, 0.1) is 0 Å². The Labute approximate surface area is 500 Å². The van der Waals surface area contributed by atoms with Crippen LogP contribution < -0.4 is 0 Å². The fourth-order valence-electron chi connectivity index (χ4n) is 9.74. The van der Waals surface area contributed by atoms with Crippen LogP contribution in [0.3, 0.4) is 0 Å². The highest BCUT2D eigenvalue weighted by molar-refractivity contribution is 5.71. The second-order valence-corrected chi connectivity index (χ2v) is 24.1. The summed E-state index contributed by atoms with van der Waals surface area (Å²) in [6.45, 7) is 4.72. The summed E-state index contributed by atoms with van der Waals surface area (Å²) >= 11 is 0. The van der Waals surface area contributed by atoms with Crippen molar-refractivity contribution in [2.45, 2.75) is 322 Å². The summed E-state index contributed by atoms with van der Waals surface area (Å²) in [6.07, 6.45) is 80.6. The molecule has 0 heterocycles. The number of aliphatic carboxylic acids is 1. The maximum Gasteiger partial charge on any atom is 0.361 e. The number of carboxylic acid groups (broad SMARTS) is 1. The van der Waals surface area contributed by atoms with Crippen molar-refractivity contribution in [1.29, 1.82) is 0 Å². The SMILES string of the molecule is CC/C=C\C/C=C\C/C=C\C/C=C\CCCCC(=O)OC(COC(=O)CCCCCCCCCCCCCCCCCCCCCCCCCCCCCCC/C=C\C/C=C\CCCCCCC)COC(OCC[N+](C)(C)C)C(=O)O. The molecule has 0 aliphatic rings. The van der Waals surface area contributed by atoms with Gasteiger partial charge >= 0.3 is 17.9 Å². The summed E-state index contributed by atoms with van der Waals surface area (Å²) in [7, 11) is 5.96. The standard InChI is InChI=1S/C72H129NO8/c1-6-8-10-12-14-16-18-20-22-23-24-25-26-27-28-29-30-31-32-33-34-35-36-37-38-39-40-41-42-43-44-45-46-47-49-50-52-54-56-58-60-62-69(74)79-66-68(67-80-72(71(76)77)78-65-64-73(3,4)5)81-70(75)63-61-59-57-55-53-51-48-21-19-17-15-13-11-9-7-2/h9,11,15,17-18,20-21,23-24,48,53,55,68,72H,6-8,10,12-14,16,19,22,25-47,49-52,54,56-67H2,1-5H3/p+1/b11-9-,17-15-,20-18-,24-23-,48-21-,55-53-. The van der Waals surface area contributed by atoms with Crippen molar-refractivity contribution in [3.63, 3.8) is 0 Å². The second kappa shape index (κ2) is 62.8. The smallest absolute Gasteiger partial charge is 0.361 e. The number of carboxylic acids is 1. The molecule has 0 spiro atoms. The van der Waals surface area contributed by atoms with E-state index >= 15 is 0 Å². The van der Waals surface area contributed by atoms with Gasteiger partial charge in [-0.2, -0.15) is 0 Å². The number of unbranched alkanes of at least 4 members (excludes halogenated alkanes) is 36. The van der Waals surface area contributed by atoms with E-state index in [4.69, 9.17) is 18.9 Å². The number of carbonyl (C=O) groups excluding carboxylic acids is 2. The molecule has 470 valence electrons. The van der Waals surface area contributed by atoms with Crippen LogP contribution in [0.2, 0.25) is 0 Å². The van der Waals surface area contributed by atoms with Crippen LogP contribution >= 0.6 is 0 Å². The van der Waals surface area contributed by atoms with E-state index in [-0.39, 0.29) is 32.2 Å². The number of likely N-dealkylation sites (N-methyl/N-ethyl adjacent to an activating group) is 1. The molecule has 0 radical (unpaired) electrons. The zero-order chi connectivity index (χ0) is 59.1. The van der Waals surface area contributed by atoms with Crippen molar-refractivity contribution in [2.24, 2.45) is 0 Å². The number of hydrogen-bond acceptors (Lipinski definition) is 7. The molecule has 0 aliphatic carbocycles. The molecule has 9 heteroatoms. The van der Waals surface area contributed by atoms with E-state index in [9.17, 15) is 19.5 Å². The average molecular weight is 1140 g/mol. The van der Waals surface area contributed by atoms with Gasteiger partial charge in [0.2, 0.25) is 0 Å². The first kappa shape index (κ1) is 77.7. The Morgan fingerprint density at radius 1 is 0.383 bits per heavy atom. The Hall–Kier alpha value is -3.27. The van der Waals surface area contributed by atoms with E-state index in [0.29, 0.717) is 23.9 Å². The summed E-state index contributed by atoms with van der Waals surface area (Å²) < 4.78 is 22.8. The Kier molecular flexibility index (Phi) is 60.2. The lowest BCUT2D eigenvalue weighted by molar-refractivity contribution is -0.870. The molecular formula is C72H130NO8+. The topological polar surface area (TPSA) is 108 Å². The first-order chi connectivity index (χ1) is 39.6. The number of rotatable bonds is 63. The quantitative estimate of drug-likeness (QED) is 0.0211.